The van der Waals surface area contributed by atoms with E-state index in [-0.39, 0.29) is 29.0 Å². The molecule has 208 valence electrons. The third-order valence-corrected chi connectivity index (χ3v) is 7.25. The fourth-order valence-corrected chi connectivity index (χ4v) is 5.00. The van der Waals surface area contributed by atoms with Gasteiger partial charge in [0.15, 0.2) is 0 Å². The molecule has 0 unspecified atom stereocenters. The average molecular weight is 562 g/mol. The van der Waals surface area contributed by atoms with Gasteiger partial charge in [-0.2, -0.15) is 0 Å². The van der Waals surface area contributed by atoms with Crippen LogP contribution in [0.4, 0.5) is 11.4 Å². The van der Waals surface area contributed by atoms with Gasteiger partial charge in [0.2, 0.25) is 0 Å². The van der Waals surface area contributed by atoms with Crippen LogP contribution in [0.15, 0.2) is 82.2 Å². The van der Waals surface area contributed by atoms with Crippen LogP contribution in [0, 0.1) is 6.92 Å². The second kappa shape index (κ2) is 13.2. The maximum absolute atomic E-state index is 13.4. The van der Waals surface area contributed by atoms with Crippen LogP contribution in [0.25, 0.3) is 0 Å². The van der Waals surface area contributed by atoms with E-state index in [1.54, 1.807) is 69.9 Å². The first-order chi connectivity index (χ1) is 19.3. The molecule has 2 N–H and O–H groups in total. The van der Waals surface area contributed by atoms with Crippen LogP contribution in [0.2, 0.25) is 0 Å². The molecule has 4 rings (SSSR count). The van der Waals surface area contributed by atoms with Gasteiger partial charge in [-0.1, -0.05) is 17.8 Å². The lowest BCUT2D eigenvalue weighted by molar-refractivity contribution is -0.137. The molecule has 0 aromatic heterocycles. The van der Waals surface area contributed by atoms with E-state index in [0.29, 0.717) is 41.5 Å². The Kier molecular flexibility index (Phi) is 9.47. The summed E-state index contributed by atoms with van der Waals surface area (Å²) in [6.45, 7) is 2.60. The summed E-state index contributed by atoms with van der Waals surface area (Å²) in [6, 6.07) is 19.5. The van der Waals surface area contributed by atoms with Crippen LogP contribution in [0.3, 0.4) is 0 Å². The number of aryl methyl sites for hydroxylation is 1. The lowest BCUT2D eigenvalue weighted by atomic mass is 10.2. The van der Waals surface area contributed by atoms with Gasteiger partial charge in [-0.25, -0.2) is 0 Å². The van der Waals surface area contributed by atoms with E-state index in [1.165, 1.54) is 16.7 Å². The number of imide groups is 1. The molecule has 40 heavy (non-hydrogen) atoms. The molecule has 0 aliphatic carbocycles. The number of carbonyl (C=O) groups is 3. The fraction of sp³-hybridized carbons (Fsp3) is 0.233. The maximum atomic E-state index is 13.4. The van der Waals surface area contributed by atoms with Gasteiger partial charge in [0, 0.05) is 36.4 Å². The minimum absolute atomic E-state index is 0.188. The minimum atomic E-state index is -0.407. The van der Waals surface area contributed by atoms with E-state index < -0.39 is 5.91 Å². The van der Waals surface area contributed by atoms with Crippen molar-refractivity contribution in [1.29, 1.82) is 0 Å². The first-order valence-electron chi connectivity index (χ1n) is 12.6. The molecule has 0 saturated carbocycles. The summed E-state index contributed by atoms with van der Waals surface area (Å²) in [5, 5.41) is 6.02. The highest BCUT2D eigenvalue weighted by molar-refractivity contribution is 8.04. The SMILES string of the molecule is COCCCN1C(=O)C(Nc2cc(C)ccc2OC)=C(Sc2ccc(NC(=O)c3ccc(OC)cc3)cc2)C1=O. The van der Waals surface area contributed by atoms with Crippen molar-refractivity contribution in [2.45, 2.75) is 18.2 Å². The summed E-state index contributed by atoms with van der Waals surface area (Å²) in [7, 11) is 4.69. The number of hydrogen-bond acceptors (Lipinski definition) is 8. The zero-order valence-corrected chi connectivity index (χ0v) is 23.6. The number of rotatable bonds is 12. The summed E-state index contributed by atoms with van der Waals surface area (Å²) >= 11 is 1.19. The van der Waals surface area contributed by atoms with Crippen molar-refractivity contribution in [3.05, 3.63) is 88.5 Å². The van der Waals surface area contributed by atoms with Crippen LogP contribution in [0.5, 0.6) is 11.5 Å². The van der Waals surface area contributed by atoms with Gasteiger partial charge in [-0.3, -0.25) is 19.3 Å². The summed E-state index contributed by atoms with van der Waals surface area (Å²) < 4.78 is 15.7. The van der Waals surface area contributed by atoms with Crippen molar-refractivity contribution >= 4 is 40.9 Å². The topological polar surface area (TPSA) is 106 Å². The summed E-state index contributed by atoms with van der Waals surface area (Å²) in [5.41, 5.74) is 2.84. The Labute approximate surface area is 237 Å². The fourth-order valence-electron chi connectivity index (χ4n) is 4.05. The zero-order valence-electron chi connectivity index (χ0n) is 22.8. The molecule has 1 heterocycles. The summed E-state index contributed by atoms with van der Waals surface area (Å²) in [4.78, 5) is 41.6. The standard InChI is InChI=1S/C30H31N3O6S/c1-19-6-15-25(39-4)24(18-19)32-26-27(30(36)33(29(26)35)16-5-17-37-2)40-23-13-9-21(10-14-23)31-28(34)20-7-11-22(38-3)12-8-20/h6-15,18,32H,5,16-17H2,1-4H3,(H,31,34). The molecular formula is C30H31N3O6S. The molecule has 9 nitrogen and oxygen atoms in total. The zero-order chi connectivity index (χ0) is 28.6. The summed E-state index contributed by atoms with van der Waals surface area (Å²) in [5.74, 6) is 0.178. The monoisotopic (exact) mass is 561 g/mol. The molecule has 0 saturated heterocycles. The Hall–Kier alpha value is -4.28. The Morgan fingerprint density at radius 3 is 2.27 bits per heavy atom. The predicted octanol–water partition coefficient (Wildman–Crippen LogP) is 5.09. The summed E-state index contributed by atoms with van der Waals surface area (Å²) in [6.07, 6.45) is 0.523. The molecule has 3 aromatic carbocycles. The Bertz CT molecular complexity index is 1420. The predicted molar refractivity (Wildman–Crippen MR) is 155 cm³/mol. The third kappa shape index (κ3) is 6.64. The number of thioether (sulfide) groups is 1. The number of anilines is 2. The number of hydrogen-bond donors (Lipinski definition) is 2. The van der Waals surface area contributed by atoms with Gasteiger partial charge in [-0.15, -0.1) is 0 Å². The van der Waals surface area contributed by atoms with E-state index in [4.69, 9.17) is 14.2 Å². The number of amides is 3. The molecule has 1 aliphatic heterocycles. The van der Waals surface area contributed by atoms with Gasteiger partial charge in [0.05, 0.1) is 19.9 Å². The smallest absolute Gasteiger partial charge is 0.278 e. The highest BCUT2D eigenvalue weighted by atomic mass is 32.2. The van der Waals surface area contributed by atoms with Crippen molar-refractivity contribution in [3.63, 3.8) is 0 Å². The normalized spacial score (nSPS) is 13.1. The van der Waals surface area contributed by atoms with E-state index >= 15 is 0 Å². The van der Waals surface area contributed by atoms with Crippen molar-refractivity contribution in [1.82, 2.24) is 4.90 Å². The van der Waals surface area contributed by atoms with Crippen LogP contribution in [-0.4, -0.2) is 57.1 Å². The van der Waals surface area contributed by atoms with Crippen molar-refractivity contribution in [2.24, 2.45) is 0 Å². The van der Waals surface area contributed by atoms with Crippen molar-refractivity contribution < 1.29 is 28.6 Å². The third-order valence-electron chi connectivity index (χ3n) is 6.15. The lowest BCUT2D eigenvalue weighted by Gasteiger charge is -2.15. The van der Waals surface area contributed by atoms with E-state index in [0.717, 1.165) is 10.5 Å². The van der Waals surface area contributed by atoms with Crippen LogP contribution < -0.4 is 20.1 Å². The number of methoxy groups -OCH3 is 3. The van der Waals surface area contributed by atoms with Crippen molar-refractivity contribution in [2.75, 3.05) is 45.1 Å². The molecule has 0 bridgehead atoms. The molecular weight excluding hydrogens is 530 g/mol. The first kappa shape index (κ1) is 28.7. The van der Waals surface area contributed by atoms with Crippen molar-refractivity contribution in [3.8, 4) is 11.5 Å². The van der Waals surface area contributed by atoms with Crippen LogP contribution in [-0.2, 0) is 14.3 Å². The molecule has 0 radical (unpaired) electrons. The second-order valence-electron chi connectivity index (χ2n) is 8.95. The maximum Gasteiger partial charge on any atom is 0.278 e. The van der Waals surface area contributed by atoms with Gasteiger partial charge >= 0.3 is 0 Å². The Morgan fingerprint density at radius 1 is 0.900 bits per heavy atom. The second-order valence-corrected chi connectivity index (χ2v) is 10.0. The van der Waals surface area contributed by atoms with Gasteiger partial charge in [0.25, 0.3) is 17.7 Å². The number of nitrogens with zero attached hydrogens (tertiary/aromatic N) is 1. The lowest BCUT2D eigenvalue weighted by Crippen LogP contribution is -2.33. The highest BCUT2D eigenvalue weighted by Gasteiger charge is 2.39. The van der Waals surface area contributed by atoms with E-state index in [1.807, 2.05) is 25.1 Å². The minimum Gasteiger partial charge on any atom is -0.497 e. The highest BCUT2D eigenvalue weighted by Crippen LogP contribution is 2.38. The van der Waals surface area contributed by atoms with E-state index in [2.05, 4.69) is 10.6 Å². The molecule has 0 fully saturated rings. The molecule has 0 atom stereocenters. The molecule has 1 aliphatic rings. The first-order valence-corrected chi connectivity index (χ1v) is 13.4. The molecule has 10 heteroatoms. The molecule has 3 aromatic rings. The number of nitrogens with one attached hydrogen (secondary N) is 2. The molecule has 3 amide bonds. The van der Waals surface area contributed by atoms with Gasteiger partial charge in [-0.05, 0) is 79.6 Å². The van der Waals surface area contributed by atoms with Crippen LogP contribution >= 0.6 is 11.8 Å². The molecule has 0 spiro atoms. The number of ether oxygens (including phenoxy) is 3. The van der Waals surface area contributed by atoms with Crippen LogP contribution in [0.1, 0.15) is 22.3 Å². The largest absolute Gasteiger partial charge is 0.497 e. The quantitative estimate of drug-likeness (QED) is 0.233. The average Bonchev–Trinajstić information content (AvgIpc) is 3.18. The Morgan fingerprint density at radius 2 is 1.62 bits per heavy atom. The number of benzene rings is 3. The Balaban J connectivity index is 1.55. The number of carbonyl (C=O) groups excluding carboxylic acids is 3. The van der Waals surface area contributed by atoms with E-state index in [9.17, 15) is 14.4 Å². The van der Waals surface area contributed by atoms with Gasteiger partial charge < -0.3 is 24.8 Å². The van der Waals surface area contributed by atoms with Gasteiger partial charge in [0.1, 0.15) is 22.1 Å².